The Kier molecular flexibility index (Phi) is 4.98. The van der Waals surface area contributed by atoms with E-state index in [1.165, 1.54) is 36.9 Å². The molecule has 0 atom stereocenters. The summed E-state index contributed by atoms with van der Waals surface area (Å²) in [5, 5.41) is 4.61. The molecule has 2 N–H and O–H groups in total. The maximum Gasteiger partial charge on any atom is 0.418 e. The molecule has 1 aliphatic carbocycles. The minimum absolute atomic E-state index is 0.0163. The van der Waals surface area contributed by atoms with Gasteiger partial charge in [0.25, 0.3) is 11.8 Å². The van der Waals surface area contributed by atoms with Crippen molar-refractivity contribution in [2.24, 2.45) is 0 Å². The van der Waals surface area contributed by atoms with Crippen molar-refractivity contribution in [2.75, 3.05) is 10.6 Å². The molecule has 1 saturated carbocycles. The number of nitrogens with one attached hydrogen (secondary N) is 2. The number of rotatable bonds is 5. The monoisotopic (exact) mass is 416 g/mol. The molecule has 0 saturated heterocycles. The number of carbonyl (C=O) groups excluding carboxylic acids is 2. The molecule has 2 amide bonds. The zero-order valence-electron chi connectivity index (χ0n) is 15.4. The van der Waals surface area contributed by atoms with Gasteiger partial charge in [0.15, 0.2) is 0 Å². The van der Waals surface area contributed by atoms with Crippen molar-refractivity contribution >= 4 is 23.2 Å². The molecule has 0 spiro atoms. The number of alkyl halides is 3. The summed E-state index contributed by atoms with van der Waals surface area (Å²) in [6.07, 6.45) is 0.950. The largest absolute Gasteiger partial charge is 0.472 e. The van der Waals surface area contributed by atoms with E-state index in [2.05, 4.69) is 20.6 Å². The van der Waals surface area contributed by atoms with E-state index in [4.69, 9.17) is 4.42 Å². The second-order valence-corrected chi connectivity index (χ2v) is 6.75. The number of amides is 2. The number of hydrogen-bond acceptors (Lipinski definition) is 5. The van der Waals surface area contributed by atoms with E-state index in [0.717, 1.165) is 25.0 Å². The first-order chi connectivity index (χ1) is 14.3. The summed E-state index contributed by atoms with van der Waals surface area (Å²) in [5.74, 6) is -0.695. The first-order valence-corrected chi connectivity index (χ1v) is 9.00. The van der Waals surface area contributed by atoms with Gasteiger partial charge in [-0.25, -0.2) is 9.97 Å². The van der Waals surface area contributed by atoms with E-state index in [1.807, 2.05) is 0 Å². The summed E-state index contributed by atoms with van der Waals surface area (Å²) >= 11 is 0. The summed E-state index contributed by atoms with van der Waals surface area (Å²) in [4.78, 5) is 32.7. The molecule has 0 radical (unpaired) electrons. The van der Waals surface area contributed by atoms with Crippen LogP contribution in [0.5, 0.6) is 0 Å². The molecule has 1 fully saturated rings. The van der Waals surface area contributed by atoms with Crippen LogP contribution < -0.4 is 10.6 Å². The lowest BCUT2D eigenvalue weighted by atomic mass is 10.1. The number of anilines is 2. The van der Waals surface area contributed by atoms with E-state index in [9.17, 15) is 22.8 Å². The number of hydrogen-bond donors (Lipinski definition) is 2. The van der Waals surface area contributed by atoms with E-state index >= 15 is 0 Å². The molecule has 3 aromatic rings. The van der Waals surface area contributed by atoms with Gasteiger partial charge >= 0.3 is 6.18 Å². The Morgan fingerprint density at radius 2 is 1.87 bits per heavy atom. The van der Waals surface area contributed by atoms with Gasteiger partial charge in [0.05, 0.1) is 23.1 Å². The number of furan rings is 1. The SMILES string of the molecule is O=C(Nc1ccc(NC(=O)c2ccnc(C3CC3)n2)c(C(F)(F)F)c1)c1ccoc1. The molecule has 1 aliphatic rings. The molecule has 2 heterocycles. The Bertz CT molecular complexity index is 1090. The van der Waals surface area contributed by atoms with Gasteiger partial charge in [-0.2, -0.15) is 13.2 Å². The maximum absolute atomic E-state index is 13.6. The Hall–Kier alpha value is -3.69. The fourth-order valence-corrected chi connectivity index (χ4v) is 2.79. The molecule has 7 nitrogen and oxygen atoms in total. The average molecular weight is 416 g/mol. The summed E-state index contributed by atoms with van der Waals surface area (Å²) < 4.78 is 45.5. The van der Waals surface area contributed by atoms with Crippen LogP contribution in [-0.4, -0.2) is 21.8 Å². The van der Waals surface area contributed by atoms with Gasteiger partial charge in [0.2, 0.25) is 0 Å². The van der Waals surface area contributed by atoms with Crippen LogP contribution in [0, 0.1) is 0 Å². The average Bonchev–Trinajstić information content (AvgIpc) is 3.42. The first-order valence-electron chi connectivity index (χ1n) is 9.00. The minimum atomic E-state index is -4.76. The van der Waals surface area contributed by atoms with E-state index in [1.54, 1.807) is 0 Å². The fraction of sp³-hybridized carbons (Fsp3) is 0.200. The Balaban J connectivity index is 1.57. The van der Waals surface area contributed by atoms with Crippen molar-refractivity contribution in [3.05, 3.63) is 71.7 Å². The van der Waals surface area contributed by atoms with Gasteiger partial charge in [0.1, 0.15) is 17.8 Å². The van der Waals surface area contributed by atoms with Gasteiger partial charge in [0, 0.05) is 17.8 Å². The molecule has 154 valence electrons. The summed E-state index contributed by atoms with van der Waals surface area (Å²) in [6.45, 7) is 0. The first kappa shape index (κ1) is 19.6. The summed E-state index contributed by atoms with van der Waals surface area (Å²) in [6, 6.07) is 5.82. The van der Waals surface area contributed by atoms with Gasteiger partial charge < -0.3 is 15.1 Å². The Morgan fingerprint density at radius 3 is 2.53 bits per heavy atom. The van der Waals surface area contributed by atoms with Gasteiger partial charge in [-0.05, 0) is 43.2 Å². The normalized spacial score (nSPS) is 13.7. The van der Waals surface area contributed by atoms with Crippen molar-refractivity contribution in [3.8, 4) is 0 Å². The molecule has 0 aliphatic heterocycles. The van der Waals surface area contributed by atoms with Crippen LogP contribution in [0.4, 0.5) is 24.5 Å². The predicted molar refractivity (Wildman–Crippen MR) is 100 cm³/mol. The molecule has 4 rings (SSSR count). The molecule has 2 aromatic heterocycles. The quantitative estimate of drug-likeness (QED) is 0.640. The molecular weight excluding hydrogens is 401 g/mol. The predicted octanol–water partition coefficient (Wildman–Crippen LogP) is 4.47. The second kappa shape index (κ2) is 7.62. The highest BCUT2D eigenvalue weighted by Gasteiger charge is 2.35. The highest BCUT2D eigenvalue weighted by Crippen LogP contribution is 2.38. The molecular formula is C20H15F3N4O3. The standard InChI is InChI=1S/C20H15F3N4O3/c21-20(22,23)14-9-13(25-18(28)12-6-8-30-10-12)3-4-15(14)27-19(29)16-5-7-24-17(26-16)11-1-2-11/h3-11H,1-2H2,(H,25,28)(H,27,29). The minimum Gasteiger partial charge on any atom is -0.472 e. The molecule has 10 heteroatoms. The van der Waals surface area contributed by atoms with Crippen LogP contribution in [0.1, 0.15) is 51.0 Å². The Morgan fingerprint density at radius 1 is 1.07 bits per heavy atom. The van der Waals surface area contributed by atoms with Crippen LogP contribution >= 0.6 is 0 Å². The lowest BCUT2D eigenvalue weighted by Gasteiger charge is -2.15. The number of benzene rings is 1. The van der Waals surface area contributed by atoms with E-state index < -0.39 is 29.2 Å². The second-order valence-electron chi connectivity index (χ2n) is 6.75. The van der Waals surface area contributed by atoms with E-state index in [0.29, 0.717) is 5.82 Å². The third-order valence-corrected chi connectivity index (χ3v) is 4.46. The number of nitrogens with zero attached hydrogens (tertiary/aromatic N) is 2. The Labute approximate surface area is 168 Å². The maximum atomic E-state index is 13.6. The highest BCUT2D eigenvalue weighted by molar-refractivity contribution is 6.05. The molecule has 1 aromatic carbocycles. The molecule has 30 heavy (non-hydrogen) atoms. The topological polar surface area (TPSA) is 97.1 Å². The molecule has 0 bridgehead atoms. The lowest BCUT2D eigenvalue weighted by molar-refractivity contribution is -0.136. The van der Waals surface area contributed by atoms with Crippen molar-refractivity contribution in [1.29, 1.82) is 0 Å². The van der Waals surface area contributed by atoms with Crippen LogP contribution in [0.15, 0.2) is 53.5 Å². The zero-order valence-corrected chi connectivity index (χ0v) is 15.4. The zero-order chi connectivity index (χ0) is 21.3. The third kappa shape index (κ3) is 4.32. The van der Waals surface area contributed by atoms with Crippen molar-refractivity contribution < 1.29 is 27.2 Å². The number of aromatic nitrogens is 2. The van der Waals surface area contributed by atoms with Crippen LogP contribution in [0.3, 0.4) is 0 Å². The summed E-state index contributed by atoms with van der Waals surface area (Å²) in [5.41, 5.74) is -1.48. The highest BCUT2D eigenvalue weighted by atomic mass is 19.4. The van der Waals surface area contributed by atoms with Crippen molar-refractivity contribution in [3.63, 3.8) is 0 Å². The third-order valence-electron chi connectivity index (χ3n) is 4.46. The lowest BCUT2D eigenvalue weighted by Crippen LogP contribution is -2.19. The van der Waals surface area contributed by atoms with Crippen LogP contribution in [0.2, 0.25) is 0 Å². The summed E-state index contributed by atoms with van der Waals surface area (Å²) in [7, 11) is 0. The van der Waals surface area contributed by atoms with E-state index in [-0.39, 0.29) is 22.9 Å². The van der Waals surface area contributed by atoms with Crippen molar-refractivity contribution in [2.45, 2.75) is 24.9 Å². The van der Waals surface area contributed by atoms with Gasteiger partial charge in [-0.3, -0.25) is 9.59 Å². The number of carbonyl (C=O) groups is 2. The smallest absolute Gasteiger partial charge is 0.418 e. The van der Waals surface area contributed by atoms with Crippen LogP contribution in [0.25, 0.3) is 0 Å². The van der Waals surface area contributed by atoms with Crippen LogP contribution in [-0.2, 0) is 6.18 Å². The van der Waals surface area contributed by atoms with Gasteiger partial charge in [-0.1, -0.05) is 0 Å². The van der Waals surface area contributed by atoms with Crippen molar-refractivity contribution in [1.82, 2.24) is 9.97 Å². The number of halogens is 3. The fourth-order valence-electron chi connectivity index (χ4n) is 2.79. The molecule has 0 unspecified atom stereocenters. The van der Waals surface area contributed by atoms with Gasteiger partial charge in [-0.15, -0.1) is 0 Å².